The number of aromatic nitrogens is 1. The number of hydrogen-bond donors (Lipinski definition) is 2. The number of nitrogens with zero attached hydrogens (tertiary/aromatic N) is 2. The molecule has 0 spiro atoms. The van der Waals surface area contributed by atoms with Gasteiger partial charge < -0.3 is 14.6 Å². The number of rotatable bonds is 6. The highest BCUT2D eigenvalue weighted by Crippen LogP contribution is 2.24. The molecule has 0 radical (unpaired) electrons. The number of aryl methyl sites for hydroxylation is 1. The van der Waals surface area contributed by atoms with Crippen molar-refractivity contribution >= 4 is 39.9 Å². The minimum atomic E-state index is -0.402. The van der Waals surface area contributed by atoms with Crippen LogP contribution in [0.4, 0.5) is 10.8 Å². The number of likely N-dealkylation sites (tertiary alicyclic amines) is 1. The Bertz CT molecular complexity index is 1100. The zero-order chi connectivity index (χ0) is 21.8. The fourth-order valence-electron chi connectivity index (χ4n) is 3.46. The van der Waals surface area contributed by atoms with Crippen LogP contribution in [0.3, 0.4) is 0 Å². The van der Waals surface area contributed by atoms with Crippen molar-refractivity contribution in [1.29, 1.82) is 0 Å². The van der Waals surface area contributed by atoms with Gasteiger partial charge >= 0.3 is 0 Å². The molecule has 8 nitrogen and oxygen atoms in total. The third kappa shape index (κ3) is 4.83. The first-order valence-corrected chi connectivity index (χ1v) is 10.9. The van der Waals surface area contributed by atoms with E-state index in [9.17, 15) is 14.4 Å². The van der Waals surface area contributed by atoms with Crippen LogP contribution in [0, 0.1) is 6.92 Å². The number of carbonyl (C=O) groups excluding carboxylic acids is 3. The lowest BCUT2D eigenvalue weighted by atomic mass is 10.1. The molecule has 1 saturated heterocycles. The standard InChI is InChI=1S/C22H22N4O4S/c1-14-6-4-7-16(21(29)26-9-2-3-10-26)19(14)24-18(27)12-15-13-31-22(23-15)25-20(28)17-8-5-11-30-17/h4-8,11,13H,2-3,9-10,12H2,1H3,(H,24,27)(H,23,25,28). The molecule has 1 aliphatic rings. The zero-order valence-corrected chi connectivity index (χ0v) is 17.8. The lowest BCUT2D eigenvalue weighted by Gasteiger charge is -2.19. The summed E-state index contributed by atoms with van der Waals surface area (Å²) in [4.78, 5) is 43.7. The van der Waals surface area contributed by atoms with Crippen LogP contribution in [0.5, 0.6) is 0 Å². The number of amides is 3. The Morgan fingerprint density at radius 3 is 2.68 bits per heavy atom. The van der Waals surface area contributed by atoms with Crippen LogP contribution in [0.25, 0.3) is 0 Å². The van der Waals surface area contributed by atoms with Gasteiger partial charge in [-0.25, -0.2) is 4.98 Å². The third-order valence-electron chi connectivity index (χ3n) is 5.02. The van der Waals surface area contributed by atoms with E-state index >= 15 is 0 Å². The van der Waals surface area contributed by atoms with Gasteiger partial charge in [0, 0.05) is 18.5 Å². The van der Waals surface area contributed by atoms with Gasteiger partial charge in [0.1, 0.15) is 0 Å². The molecule has 0 aliphatic carbocycles. The minimum Gasteiger partial charge on any atom is -0.459 e. The molecule has 3 heterocycles. The number of carbonyl (C=O) groups is 3. The summed E-state index contributed by atoms with van der Waals surface area (Å²) in [5.41, 5.74) is 2.38. The van der Waals surface area contributed by atoms with Crippen molar-refractivity contribution in [2.45, 2.75) is 26.2 Å². The van der Waals surface area contributed by atoms with Crippen molar-refractivity contribution in [1.82, 2.24) is 9.88 Å². The highest BCUT2D eigenvalue weighted by molar-refractivity contribution is 7.14. The number of nitrogens with one attached hydrogen (secondary N) is 2. The number of thiazole rings is 1. The van der Waals surface area contributed by atoms with Crippen LogP contribution in [0.1, 0.15) is 45.0 Å². The lowest BCUT2D eigenvalue weighted by molar-refractivity contribution is -0.115. The predicted molar refractivity (Wildman–Crippen MR) is 117 cm³/mol. The van der Waals surface area contributed by atoms with Crippen molar-refractivity contribution in [3.8, 4) is 0 Å². The van der Waals surface area contributed by atoms with E-state index < -0.39 is 5.91 Å². The minimum absolute atomic E-state index is 0.0266. The van der Waals surface area contributed by atoms with Crippen LogP contribution >= 0.6 is 11.3 Å². The quantitative estimate of drug-likeness (QED) is 0.610. The second-order valence-electron chi connectivity index (χ2n) is 7.30. The van der Waals surface area contributed by atoms with E-state index in [1.54, 1.807) is 23.6 Å². The Morgan fingerprint density at radius 2 is 1.94 bits per heavy atom. The van der Waals surface area contributed by atoms with Gasteiger partial charge in [0.2, 0.25) is 5.91 Å². The molecule has 3 aromatic rings. The second kappa shape index (κ2) is 9.13. The highest BCUT2D eigenvalue weighted by Gasteiger charge is 2.23. The first kappa shape index (κ1) is 20.8. The summed E-state index contributed by atoms with van der Waals surface area (Å²) in [7, 11) is 0. The van der Waals surface area contributed by atoms with Crippen LogP contribution in [-0.4, -0.2) is 40.7 Å². The van der Waals surface area contributed by atoms with Gasteiger partial charge in [-0.2, -0.15) is 0 Å². The fourth-order valence-corrected chi connectivity index (χ4v) is 4.17. The van der Waals surface area contributed by atoms with Crippen molar-refractivity contribution < 1.29 is 18.8 Å². The average Bonchev–Trinajstić information content (AvgIpc) is 3.52. The second-order valence-corrected chi connectivity index (χ2v) is 8.16. The summed E-state index contributed by atoms with van der Waals surface area (Å²) >= 11 is 1.23. The van der Waals surface area contributed by atoms with E-state index in [-0.39, 0.29) is 24.0 Å². The molecule has 9 heteroatoms. The fraction of sp³-hybridized carbons (Fsp3) is 0.273. The SMILES string of the molecule is Cc1cccc(C(=O)N2CCCC2)c1NC(=O)Cc1csc(NC(=O)c2ccco2)n1. The Labute approximate surface area is 183 Å². The molecule has 2 aromatic heterocycles. The van der Waals surface area contributed by atoms with Gasteiger partial charge in [-0.1, -0.05) is 12.1 Å². The molecule has 1 aliphatic heterocycles. The van der Waals surface area contributed by atoms with Gasteiger partial charge in [-0.05, 0) is 43.5 Å². The summed E-state index contributed by atoms with van der Waals surface area (Å²) < 4.78 is 5.05. The number of benzene rings is 1. The molecule has 0 saturated carbocycles. The first-order valence-electron chi connectivity index (χ1n) is 9.99. The largest absolute Gasteiger partial charge is 0.459 e. The van der Waals surface area contributed by atoms with E-state index in [4.69, 9.17) is 4.42 Å². The van der Waals surface area contributed by atoms with Gasteiger partial charge in [0.05, 0.1) is 29.6 Å². The van der Waals surface area contributed by atoms with E-state index in [2.05, 4.69) is 15.6 Å². The first-order chi connectivity index (χ1) is 15.0. The molecule has 3 amide bonds. The van der Waals surface area contributed by atoms with Crippen LogP contribution in [-0.2, 0) is 11.2 Å². The third-order valence-corrected chi connectivity index (χ3v) is 5.83. The van der Waals surface area contributed by atoms with Crippen LogP contribution in [0.2, 0.25) is 0 Å². The maximum atomic E-state index is 12.9. The average molecular weight is 439 g/mol. The Kier molecular flexibility index (Phi) is 6.13. The van der Waals surface area contributed by atoms with Gasteiger partial charge in [0.25, 0.3) is 11.8 Å². The van der Waals surface area contributed by atoms with Gasteiger partial charge in [-0.3, -0.25) is 19.7 Å². The molecule has 160 valence electrons. The molecule has 0 bridgehead atoms. The van der Waals surface area contributed by atoms with E-state index in [0.717, 1.165) is 31.5 Å². The van der Waals surface area contributed by atoms with Crippen molar-refractivity contribution in [3.05, 3.63) is 64.6 Å². The molecule has 31 heavy (non-hydrogen) atoms. The summed E-state index contributed by atoms with van der Waals surface area (Å²) in [6.45, 7) is 3.35. The molecule has 2 N–H and O–H groups in total. The van der Waals surface area contributed by atoms with Crippen molar-refractivity contribution in [2.75, 3.05) is 23.7 Å². The number of furan rings is 1. The maximum absolute atomic E-state index is 12.9. The smallest absolute Gasteiger partial charge is 0.293 e. The Balaban J connectivity index is 1.42. The number of hydrogen-bond acceptors (Lipinski definition) is 6. The van der Waals surface area contributed by atoms with Gasteiger partial charge in [0.15, 0.2) is 10.9 Å². The monoisotopic (exact) mass is 438 g/mol. The molecule has 1 fully saturated rings. The number of para-hydroxylation sites is 1. The van der Waals surface area contributed by atoms with Crippen LogP contribution < -0.4 is 10.6 Å². The zero-order valence-electron chi connectivity index (χ0n) is 17.0. The molecule has 4 rings (SSSR count). The summed E-state index contributed by atoms with van der Waals surface area (Å²) in [6, 6.07) is 8.61. The van der Waals surface area contributed by atoms with E-state index in [1.807, 2.05) is 24.0 Å². The number of anilines is 2. The molecule has 1 aromatic carbocycles. The highest BCUT2D eigenvalue weighted by atomic mass is 32.1. The summed E-state index contributed by atoms with van der Waals surface area (Å²) in [5, 5.41) is 7.62. The Morgan fingerprint density at radius 1 is 1.13 bits per heavy atom. The maximum Gasteiger partial charge on any atom is 0.293 e. The van der Waals surface area contributed by atoms with Crippen molar-refractivity contribution in [2.24, 2.45) is 0 Å². The molecule has 0 atom stereocenters. The van der Waals surface area contributed by atoms with Crippen molar-refractivity contribution in [3.63, 3.8) is 0 Å². The Hall–Kier alpha value is -3.46. The van der Waals surface area contributed by atoms with E-state index in [1.165, 1.54) is 17.6 Å². The normalized spacial score (nSPS) is 13.3. The molecular formula is C22H22N4O4S. The topological polar surface area (TPSA) is 105 Å². The summed E-state index contributed by atoms with van der Waals surface area (Å²) in [6.07, 6.45) is 3.45. The summed E-state index contributed by atoms with van der Waals surface area (Å²) in [5.74, 6) is -0.559. The predicted octanol–water partition coefficient (Wildman–Crippen LogP) is 3.71. The van der Waals surface area contributed by atoms with Gasteiger partial charge in [-0.15, -0.1) is 11.3 Å². The lowest BCUT2D eigenvalue weighted by Crippen LogP contribution is -2.29. The van der Waals surface area contributed by atoms with Crippen LogP contribution in [0.15, 0.2) is 46.4 Å². The molecular weight excluding hydrogens is 416 g/mol. The van der Waals surface area contributed by atoms with E-state index in [0.29, 0.717) is 22.1 Å². The molecule has 0 unspecified atom stereocenters.